The number of rotatable bonds is 4. The molecule has 2 unspecified atom stereocenters. The van der Waals surface area contributed by atoms with Crippen molar-refractivity contribution in [3.05, 3.63) is 34.9 Å². The molecule has 1 aromatic rings. The van der Waals surface area contributed by atoms with Crippen LogP contribution in [-0.2, 0) is 4.79 Å². The molecule has 1 aliphatic heterocycles. The van der Waals surface area contributed by atoms with Gasteiger partial charge < -0.3 is 5.11 Å². The predicted octanol–water partition coefficient (Wildman–Crippen LogP) is 3.73. The molecule has 0 amide bonds. The van der Waals surface area contributed by atoms with Crippen molar-refractivity contribution in [2.75, 3.05) is 6.54 Å². The zero-order valence-corrected chi connectivity index (χ0v) is 11.9. The second kappa shape index (κ2) is 6.40. The van der Waals surface area contributed by atoms with Crippen LogP contribution in [0.2, 0.25) is 5.02 Å². The molecule has 0 radical (unpaired) electrons. The van der Waals surface area contributed by atoms with Gasteiger partial charge in [0.2, 0.25) is 0 Å². The van der Waals surface area contributed by atoms with Crippen LogP contribution in [0.3, 0.4) is 0 Å². The number of piperidine rings is 1. The van der Waals surface area contributed by atoms with Gasteiger partial charge >= 0.3 is 5.97 Å². The number of nitrogens with zero attached hydrogens (tertiary/aromatic N) is 1. The van der Waals surface area contributed by atoms with Crippen LogP contribution in [0.15, 0.2) is 24.3 Å². The van der Waals surface area contributed by atoms with Gasteiger partial charge in [-0.3, -0.25) is 9.69 Å². The van der Waals surface area contributed by atoms with E-state index in [1.54, 1.807) is 0 Å². The van der Waals surface area contributed by atoms with Crippen molar-refractivity contribution in [1.82, 2.24) is 4.90 Å². The first-order valence-corrected chi connectivity index (χ1v) is 7.19. The minimum Gasteiger partial charge on any atom is -0.481 e. The SMILES string of the molecule is CC(c1ccccc1Cl)N1CCCCC1CC(=O)O. The minimum atomic E-state index is -0.719. The summed E-state index contributed by atoms with van der Waals surface area (Å²) < 4.78 is 0. The van der Waals surface area contributed by atoms with E-state index in [0.29, 0.717) is 0 Å². The van der Waals surface area contributed by atoms with E-state index in [9.17, 15) is 4.79 Å². The summed E-state index contributed by atoms with van der Waals surface area (Å²) in [5.41, 5.74) is 1.08. The number of likely N-dealkylation sites (tertiary alicyclic amines) is 1. The normalized spacial score (nSPS) is 22.1. The monoisotopic (exact) mass is 281 g/mol. The topological polar surface area (TPSA) is 40.5 Å². The van der Waals surface area contributed by atoms with Gasteiger partial charge in [0.15, 0.2) is 0 Å². The lowest BCUT2D eigenvalue weighted by atomic mass is 9.95. The van der Waals surface area contributed by atoms with Crippen LogP contribution in [0.25, 0.3) is 0 Å². The maximum atomic E-state index is 11.0. The van der Waals surface area contributed by atoms with Crippen molar-refractivity contribution in [3.63, 3.8) is 0 Å². The summed E-state index contributed by atoms with van der Waals surface area (Å²) in [5, 5.41) is 9.80. The van der Waals surface area contributed by atoms with Gasteiger partial charge in [0.1, 0.15) is 0 Å². The maximum Gasteiger partial charge on any atom is 0.304 e. The van der Waals surface area contributed by atoms with Crippen molar-refractivity contribution >= 4 is 17.6 Å². The predicted molar refractivity (Wildman–Crippen MR) is 76.5 cm³/mol. The van der Waals surface area contributed by atoms with E-state index in [0.717, 1.165) is 36.4 Å². The summed E-state index contributed by atoms with van der Waals surface area (Å²) in [6, 6.07) is 8.11. The maximum absolute atomic E-state index is 11.0. The van der Waals surface area contributed by atoms with Crippen molar-refractivity contribution < 1.29 is 9.90 Å². The molecule has 4 heteroatoms. The summed E-state index contributed by atoms with van der Waals surface area (Å²) in [6.07, 6.45) is 3.42. The molecule has 1 N–H and O–H groups in total. The number of carboxylic acids is 1. The number of carboxylic acid groups (broad SMARTS) is 1. The Balaban J connectivity index is 2.17. The van der Waals surface area contributed by atoms with Crippen LogP contribution in [-0.4, -0.2) is 28.6 Å². The van der Waals surface area contributed by atoms with Crippen LogP contribution in [0.1, 0.15) is 44.2 Å². The molecule has 2 rings (SSSR count). The fraction of sp³-hybridized carbons (Fsp3) is 0.533. The molecule has 1 saturated heterocycles. The van der Waals surface area contributed by atoms with Crippen LogP contribution in [0.5, 0.6) is 0 Å². The highest BCUT2D eigenvalue weighted by Gasteiger charge is 2.29. The molecule has 2 atom stereocenters. The van der Waals surface area contributed by atoms with Crippen molar-refractivity contribution in [2.24, 2.45) is 0 Å². The first-order valence-electron chi connectivity index (χ1n) is 6.81. The van der Waals surface area contributed by atoms with E-state index < -0.39 is 5.97 Å². The number of hydrogen-bond donors (Lipinski definition) is 1. The van der Waals surface area contributed by atoms with Crippen LogP contribution < -0.4 is 0 Å². The summed E-state index contributed by atoms with van der Waals surface area (Å²) in [5.74, 6) is -0.719. The highest BCUT2D eigenvalue weighted by molar-refractivity contribution is 6.31. The number of benzene rings is 1. The largest absolute Gasteiger partial charge is 0.481 e. The Morgan fingerprint density at radius 3 is 2.89 bits per heavy atom. The standard InChI is InChI=1S/C15H20ClNO2/c1-11(13-7-2-3-8-14(13)16)17-9-5-4-6-12(17)10-15(18)19/h2-3,7-8,11-12H,4-6,9-10H2,1H3,(H,18,19). The molecule has 0 saturated carbocycles. The minimum absolute atomic E-state index is 0.123. The third-order valence-electron chi connectivity index (χ3n) is 3.94. The molecule has 19 heavy (non-hydrogen) atoms. The first kappa shape index (κ1) is 14.4. The van der Waals surface area contributed by atoms with Crippen molar-refractivity contribution in [1.29, 1.82) is 0 Å². The molecule has 3 nitrogen and oxygen atoms in total. The van der Waals surface area contributed by atoms with Gasteiger partial charge in [-0.1, -0.05) is 36.2 Å². The molecule has 0 aromatic heterocycles. The lowest BCUT2D eigenvalue weighted by Gasteiger charge is -2.39. The summed E-state index contributed by atoms with van der Waals surface area (Å²) in [7, 11) is 0. The molecule has 1 aliphatic rings. The Kier molecular flexibility index (Phi) is 4.83. The van der Waals surface area contributed by atoms with E-state index >= 15 is 0 Å². The van der Waals surface area contributed by atoms with Gasteiger partial charge in [-0.15, -0.1) is 0 Å². The van der Waals surface area contributed by atoms with E-state index in [1.807, 2.05) is 24.3 Å². The molecular weight excluding hydrogens is 262 g/mol. The number of aliphatic carboxylic acids is 1. The zero-order valence-electron chi connectivity index (χ0n) is 11.2. The highest BCUT2D eigenvalue weighted by Crippen LogP contribution is 2.32. The van der Waals surface area contributed by atoms with Crippen LogP contribution in [0, 0.1) is 0 Å². The van der Waals surface area contributed by atoms with E-state index in [-0.39, 0.29) is 18.5 Å². The van der Waals surface area contributed by atoms with Gasteiger partial charge in [0.05, 0.1) is 6.42 Å². The Morgan fingerprint density at radius 1 is 1.47 bits per heavy atom. The smallest absolute Gasteiger partial charge is 0.304 e. The Hall–Kier alpha value is -1.06. The van der Waals surface area contributed by atoms with Gasteiger partial charge in [0, 0.05) is 17.1 Å². The third-order valence-corrected chi connectivity index (χ3v) is 4.28. The Morgan fingerprint density at radius 2 is 2.21 bits per heavy atom. The Labute approximate surface area is 119 Å². The average Bonchev–Trinajstić information content (AvgIpc) is 2.38. The van der Waals surface area contributed by atoms with Crippen molar-refractivity contribution in [3.8, 4) is 0 Å². The second-order valence-corrected chi connectivity index (χ2v) is 5.59. The molecule has 0 bridgehead atoms. The van der Waals surface area contributed by atoms with Gasteiger partial charge in [0.25, 0.3) is 0 Å². The fourth-order valence-electron chi connectivity index (χ4n) is 2.95. The molecule has 1 heterocycles. The molecular formula is C15H20ClNO2. The lowest BCUT2D eigenvalue weighted by Crippen LogP contribution is -2.42. The number of carbonyl (C=O) groups is 1. The molecule has 1 aromatic carbocycles. The zero-order chi connectivity index (χ0) is 13.8. The fourth-order valence-corrected chi connectivity index (χ4v) is 3.24. The van der Waals surface area contributed by atoms with Gasteiger partial charge in [-0.25, -0.2) is 0 Å². The summed E-state index contributed by atoms with van der Waals surface area (Å²) in [4.78, 5) is 13.3. The summed E-state index contributed by atoms with van der Waals surface area (Å²) >= 11 is 6.25. The van der Waals surface area contributed by atoms with Crippen molar-refractivity contribution in [2.45, 2.75) is 44.7 Å². The second-order valence-electron chi connectivity index (χ2n) is 5.18. The molecule has 104 valence electrons. The van der Waals surface area contributed by atoms with Gasteiger partial charge in [-0.2, -0.15) is 0 Å². The highest BCUT2D eigenvalue weighted by atomic mass is 35.5. The molecule has 1 fully saturated rings. The van der Waals surface area contributed by atoms with E-state index in [2.05, 4.69) is 11.8 Å². The third kappa shape index (κ3) is 3.48. The van der Waals surface area contributed by atoms with E-state index in [4.69, 9.17) is 16.7 Å². The van der Waals surface area contributed by atoms with Gasteiger partial charge in [-0.05, 0) is 37.9 Å². The lowest BCUT2D eigenvalue weighted by molar-refractivity contribution is -0.139. The van der Waals surface area contributed by atoms with E-state index in [1.165, 1.54) is 0 Å². The van der Waals surface area contributed by atoms with Crippen LogP contribution >= 0.6 is 11.6 Å². The Bertz CT molecular complexity index is 450. The quantitative estimate of drug-likeness (QED) is 0.914. The average molecular weight is 282 g/mol. The number of hydrogen-bond acceptors (Lipinski definition) is 2. The summed E-state index contributed by atoms with van der Waals surface area (Å²) in [6.45, 7) is 3.06. The first-order chi connectivity index (χ1) is 9.09. The van der Waals surface area contributed by atoms with Crippen LogP contribution in [0.4, 0.5) is 0 Å². The molecule has 0 spiro atoms. The molecule has 0 aliphatic carbocycles. The number of halogens is 1.